The number of rotatable bonds is 6. The van der Waals surface area contributed by atoms with Gasteiger partial charge >= 0.3 is 0 Å². The lowest BCUT2D eigenvalue weighted by molar-refractivity contribution is 0.184. The molecule has 0 aromatic heterocycles. The van der Waals surface area contributed by atoms with Gasteiger partial charge in [-0.3, -0.25) is 0 Å². The van der Waals surface area contributed by atoms with Gasteiger partial charge < -0.3 is 15.2 Å². The Balaban J connectivity index is 2.24. The number of hydrogen-bond acceptors (Lipinski definition) is 3. The first-order chi connectivity index (χ1) is 9.72. The Kier molecular flexibility index (Phi) is 5.41. The average molecular weight is 292 g/mol. The fraction of sp³-hybridized carbons (Fsp3) is 0.250. The number of nitrogens with two attached hydrogens (primary N) is 1. The molecule has 0 spiro atoms. The lowest BCUT2D eigenvalue weighted by Gasteiger charge is -2.12. The summed E-state index contributed by atoms with van der Waals surface area (Å²) in [5.74, 6) is 1.51. The molecule has 0 saturated carbocycles. The lowest BCUT2D eigenvalue weighted by Crippen LogP contribution is -2.04. The molecular weight excluding hydrogens is 274 g/mol. The van der Waals surface area contributed by atoms with Crippen LogP contribution in [0.3, 0.4) is 0 Å². The Morgan fingerprint density at radius 3 is 2.75 bits per heavy atom. The van der Waals surface area contributed by atoms with Crippen LogP contribution in [0.1, 0.15) is 11.1 Å². The van der Waals surface area contributed by atoms with Crippen molar-refractivity contribution in [3.8, 4) is 11.5 Å². The van der Waals surface area contributed by atoms with Crippen LogP contribution in [0.5, 0.6) is 11.5 Å². The van der Waals surface area contributed by atoms with Crippen molar-refractivity contribution >= 4 is 11.6 Å². The molecule has 0 radical (unpaired) electrons. The molecule has 2 aromatic carbocycles. The van der Waals surface area contributed by atoms with Crippen molar-refractivity contribution < 1.29 is 9.47 Å². The number of halogens is 1. The smallest absolute Gasteiger partial charge is 0.132 e. The molecule has 0 heterocycles. The molecule has 0 atom stereocenters. The summed E-state index contributed by atoms with van der Waals surface area (Å²) in [5, 5.41) is 0.647. The Bertz CT molecular complexity index is 572. The number of methoxy groups -OCH3 is 1. The van der Waals surface area contributed by atoms with Crippen LogP contribution in [0.2, 0.25) is 5.02 Å². The molecule has 0 fully saturated rings. The van der Waals surface area contributed by atoms with Crippen molar-refractivity contribution in [2.24, 2.45) is 5.73 Å². The lowest BCUT2D eigenvalue weighted by atomic mass is 10.1. The zero-order valence-electron chi connectivity index (χ0n) is 11.4. The van der Waals surface area contributed by atoms with Crippen molar-refractivity contribution in [2.75, 3.05) is 13.7 Å². The van der Waals surface area contributed by atoms with Crippen LogP contribution in [0.15, 0.2) is 42.5 Å². The topological polar surface area (TPSA) is 44.5 Å². The molecule has 0 amide bonds. The zero-order valence-corrected chi connectivity index (χ0v) is 12.2. The van der Waals surface area contributed by atoms with Crippen LogP contribution in [0, 0.1) is 0 Å². The van der Waals surface area contributed by atoms with E-state index in [4.69, 9.17) is 26.8 Å². The summed E-state index contributed by atoms with van der Waals surface area (Å²) in [6.45, 7) is 1.13. The van der Waals surface area contributed by atoms with Gasteiger partial charge in [-0.2, -0.15) is 0 Å². The Morgan fingerprint density at radius 1 is 1.15 bits per heavy atom. The Hall–Kier alpha value is -1.55. The van der Waals surface area contributed by atoms with Gasteiger partial charge in [0, 0.05) is 12.1 Å². The molecule has 2 N–H and O–H groups in total. The fourth-order valence-electron chi connectivity index (χ4n) is 1.98. The van der Waals surface area contributed by atoms with Gasteiger partial charge in [0.15, 0.2) is 0 Å². The molecule has 2 aromatic rings. The Labute approximate surface area is 124 Å². The normalized spacial score (nSPS) is 10.6. The second kappa shape index (κ2) is 7.29. The minimum absolute atomic E-state index is 0.558. The maximum Gasteiger partial charge on any atom is 0.132 e. The first-order valence-electron chi connectivity index (χ1n) is 6.47. The molecule has 0 saturated heterocycles. The minimum atomic E-state index is 0.558. The Morgan fingerprint density at radius 2 is 2.00 bits per heavy atom. The van der Waals surface area contributed by atoms with Crippen LogP contribution in [0.25, 0.3) is 0 Å². The third kappa shape index (κ3) is 3.97. The number of hydrogen-bond donors (Lipinski definition) is 1. The molecular formula is C16H18ClNO2. The first-order valence-corrected chi connectivity index (χ1v) is 6.85. The molecule has 3 nitrogen and oxygen atoms in total. The molecule has 2 rings (SSSR count). The van der Waals surface area contributed by atoms with E-state index in [0.29, 0.717) is 18.2 Å². The van der Waals surface area contributed by atoms with E-state index in [-0.39, 0.29) is 0 Å². The highest BCUT2D eigenvalue weighted by atomic mass is 35.5. The van der Waals surface area contributed by atoms with Gasteiger partial charge in [0.1, 0.15) is 11.5 Å². The van der Waals surface area contributed by atoms with Crippen LogP contribution in [0.4, 0.5) is 0 Å². The highest BCUT2D eigenvalue weighted by Gasteiger charge is 2.06. The molecule has 0 bridgehead atoms. The summed E-state index contributed by atoms with van der Waals surface area (Å²) in [5.41, 5.74) is 7.73. The summed E-state index contributed by atoms with van der Waals surface area (Å²) in [6, 6.07) is 13.4. The summed E-state index contributed by atoms with van der Waals surface area (Å²) in [6.07, 6.45) is 0.754. The quantitative estimate of drug-likeness (QED) is 0.881. The molecule has 4 heteroatoms. The van der Waals surface area contributed by atoms with Gasteiger partial charge in [-0.15, -0.1) is 0 Å². The third-order valence-corrected chi connectivity index (χ3v) is 3.12. The van der Waals surface area contributed by atoms with Crippen LogP contribution in [-0.2, 0) is 17.8 Å². The molecule has 0 unspecified atom stereocenters. The van der Waals surface area contributed by atoms with E-state index in [1.165, 1.54) is 0 Å². The number of ether oxygens (including phenoxy) is 2. The summed E-state index contributed by atoms with van der Waals surface area (Å²) in [4.78, 5) is 0. The molecule has 106 valence electrons. The van der Waals surface area contributed by atoms with E-state index in [1.54, 1.807) is 7.11 Å². The average Bonchev–Trinajstić information content (AvgIpc) is 2.43. The standard InChI is InChI=1S/C16H18ClNO2/c1-19-11-12-3-2-4-15(9-12)20-16-10-14(17)6-5-13(16)7-8-18/h2-6,9-10H,7-8,11,18H2,1H3. The van der Waals surface area contributed by atoms with Crippen molar-refractivity contribution in [3.05, 3.63) is 58.6 Å². The first kappa shape index (κ1) is 14.9. The maximum atomic E-state index is 6.03. The van der Waals surface area contributed by atoms with Crippen molar-refractivity contribution in [1.29, 1.82) is 0 Å². The van der Waals surface area contributed by atoms with Crippen molar-refractivity contribution in [1.82, 2.24) is 0 Å². The fourth-order valence-corrected chi connectivity index (χ4v) is 2.14. The number of benzene rings is 2. The highest BCUT2D eigenvalue weighted by Crippen LogP contribution is 2.29. The largest absolute Gasteiger partial charge is 0.457 e. The second-order valence-corrected chi connectivity index (χ2v) is 4.91. The minimum Gasteiger partial charge on any atom is -0.457 e. The van der Waals surface area contributed by atoms with E-state index < -0.39 is 0 Å². The predicted molar refractivity (Wildman–Crippen MR) is 81.4 cm³/mol. The highest BCUT2D eigenvalue weighted by molar-refractivity contribution is 6.30. The SMILES string of the molecule is COCc1cccc(Oc2cc(Cl)ccc2CCN)c1. The summed E-state index contributed by atoms with van der Waals surface area (Å²) < 4.78 is 11.1. The summed E-state index contributed by atoms with van der Waals surface area (Å²) in [7, 11) is 1.67. The summed E-state index contributed by atoms with van der Waals surface area (Å²) >= 11 is 6.03. The van der Waals surface area contributed by atoms with E-state index in [1.807, 2.05) is 42.5 Å². The zero-order chi connectivity index (χ0) is 14.4. The van der Waals surface area contributed by atoms with Gasteiger partial charge in [-0.05, 0) is 48.4 Å². The van der Waals surface area contributed by atoms with Crippen LogP contribution in [-0.4, -0.2) is 13.7 Å². The van der Waals surface area contributed by atoms with Crippen LogP contribution < -0.4 is 10.5 Å². The molecule has 0 aliphatic carbocycles. The van der Waals surface area contributed by atoms with E-state index in [2.05, 4.69) is 0 Å². The predicted octanol–water partition coefficient (Wildman–Crippen LogP) is 3.78. The van der Waals surface area contributed by atoms with Gasteiger partial charge in [0.05, 0.1) is 6.61 Å². The van der Waals surface area contributed by atoms with Gasteiger partial charge in [0.2, 0.25) is 0 Å². The molecule has 0 aliphatic rings. The maximum absolute atomic E-state index is 6.03. The van der Waals surface area contributed by atoms with E-state index in [0.717, 1.165) is 29.0 Å². The third-order valence-electron chi connectivity index (χ3n) is 2.88. The molecule has 0 aliphatic heterocycles. The van der Waals surface area contributed by atoms with Crippen LogP contribution >= 0.6 is 11.6 Å². The van der Waals surface area contributed by atoms with Gasteiger partial charge in [-0.25, -0.2) is 0 Å². The van der Waals surface area contributed by atoms with Crippen molar-refractivity contribution in [2.45, 2.75) is 13.0 Å². The van der Waals surface area contributed by atoms with Crippen molar-refractivity contribution in [3.63, 3.8) is 0 Å². The monoisotopic (exact) mass is 291 g/mol. The second-order valence-electron chi connectivity index (χ2n) is 4.47. The molecule has 20 heavy (non-hydrogen) atoms. The van der Waals surface area contributed by atoms with E-state index >= 15 is 0 Å². The van der Waals surface area contributed by atoms with E-state index in [9.17, 15) is 0 Å². The van der Waals surface area contributed by atoms with Gasteiger partial charge in [0.25, 0.3) is 0 Å². The van der Waals surface area contributed by atoms with Gasteiger partial charge in [-0.1, -0.05) is 29.8 Å².